The Morgan fingerprint density at radius 2 is 1.38 bits per heavy atom. The molecule has 0 bridgehead atoms. The van der Waals surface area contributed by atoms with E-state index in [1.807, 2.05) is 0 Å². The standard InChI is InChI=1S/C18H31O6P.Na/c1-2-3-4-5-6-7-8-9-10-14-17-21-23-25(19,20)24-22-18-15-12-11-13-16-18;/h11-13,15-16H,2-10,14,17H2,1H3,(H,19,20);/q;+1/p-1. The van der Waals surface area contributed by atoms with Gasteiger partial charge in [0.25, 0.3) is 0 Å². The Morgan fingerprint density at radius 3 is 1.96 bits per heavy atom. The maximum atomic E-state index is 11.4. The second-order valence-electron chi connectivity index (χ2n) is 6.00. The quantitative estimate of drug-likeness (QED) is 0.140. The largest absolute Gasteiger partial charge is 1.00 e. The molecule has 6 nitrogen and oxygen atoms in total. The second kappa shape index (κ2) is 17.2. The summed E-state index contributed by atoms with van der Waals surface area (Å²) in [7, 11) is -4.63. The van der Waals surface area contributed by atoms with Crippen molar-refractivity contribution in [3.63, 3.8) is 0 Å². The van der Waals surface area contributed by atoms with E-state index in [9.17, 15) is 9.46 Å². The van der Waals surface area contributed by atoms with Gasteiger partial charge in [0.05, 0.1) is 6.61 Å². The van der Waals surface area contributed by atoms with Crippen molar-refractivity contribution in [1.29, 1.82) is 0 Å². The Morgan fingerprint density at radius 1 is 0.846 bits per heavy atom. The molecule has 8 heteroatoms. The number of unbranched alkanes of at least 4 members (excludes halogenated alkanes) is 9. The molecule has 0 saturated carbocycles. The van der Waals surface area contributed by atoms with Gasteiger partial charge in [-0.25, -0.2) is 4.89 Å². The predicted molar refractivity (Wildman–Crippen MR) is 94.6 cm³/mol. The van der Waals surface area contributed by atoms with Gasteiger partial charge in [0.15, 0.2) is 5.75 Å². The van der Waals surface area contributed by atoms with Crippen molar-refractivity contribution in [1.82, 2.24) is 0 Å². The second-order valence-corrected chi connectivity index (χ2v) is 7.19. The van der Waals surface area contributed by atoms with Gasteiger partial charge in [-0.2, -0.15) is 4.67 Å². The number of hydrogen-bond acceptors (Lipinski definition) is 6. The Bertz CT molecular complexity index is 474. The molecule has 144 valence electrons. The SMILES string of the molecule is CCCCCCCCCCCCOOP(=O)([O-])OOc1ccccc1.[Na+]. The van der Waals surface area contributed by atoms with Crippen LogP contribution in [-0.2, 0) is 18.8 Å². The molecule has 0 fully saturated rings. The van der Waals surface area contributed by atoms with Crippen LogP contribution in [0.2, 0.25) is 0 Å². The Kier molecular flexibility index (Phi) is 17.3. The average Bonchev–Trinajstić information content (AvgIpc) is 2.62. The van der Waals surface area contributed by atoms with E-state index in [1.54, 1.807) is 30.3 Å². The van der Waals surface area contributed by atoms with Gasteiger partial charge in [-0.3, -0.25) is 4.57 Å². The van der Waals surface area contributed by atoms with Gasteiger partial charge < -0.3 is 9.78 Å². The van der Waals surface area contributed by atoms with Crippen molar-refractivity contribution in [3.8, 4) is 5.75 Å². The van der Waals surface area contributed by atoms with Crippen molar-refractivity contribution < 1.29 is 58.1 Å². The molecule has 0 aliphatic heterocycles. The Balaban J connectivity index is 0.00000625. The van der Waals surface area contributed by atoms with Crippen molar-refractivity contribution in [2.45, 2.75) is 71.1 Å². The van der Waals surface area contributed by atoms with Crippen LogP contribution in [0, 0.1) is 0 Å². The van der Waals surface area contributed by atoms with Crippen molar-refractivity contribution in [2.24, 2.45) is 0 Å². The van der Waals surface area contributed by atoms with Gasteiger partial charge in [0.1, 0.15) is 0 Å². The molecular formula is C18H30NaO6P. The number of para-hydroxylation sites is 1. The van der Waals surface area contributed by atoms with Gasteiger partial charge >= 0.3 is 37.4 Å². The summed E-state index contributed by atoms with van der Waals surface area (Å²) in [6, 6.07) is 8.28. The summed E-state index contributed by atoms with van der Waals surface area (Å²) in [6.07, 6.45) is 11.9. The first kappa shape index (κ1) is 26.1. The monoisotopic (exact) mass is 396 g/mol. The summed E-state index contributed by atoms with van der Waals surface area (Å²) >= 11 is 0. The molecule has 0 N–H and O–H groups in total. The smallest absolute Gasteiger partial charge is 0.752 e. The third-order valence-corrected chi connectivity index (χ3v) is 4.24. The normalized spacial score (nSPS) is 13.0. The first-order chi connectivity index (χ1) is 12.1. The molecule has 1 aromatic carbocycles. The summed E-state index contributed by atoms with van der Waals surface area (Å²) in [5, 5.41) is 0. The van der Waals surface area contributed by atoms with Crippen LogP contribution < -0.4 is 39.3 Å². The van der Waals surface area contributed by atoms with Crippen LogP contribution in [0.5, 0.6) is 5.75 Å². The third-order valence-electron chi connectivity index (χ3n) is 3.69. The maximum Gasteiger partial charge on any atom is 1.00 e. The van der Waals surface area contributed by atoms with Crippen molar-refractivity contribution in [2.75, 3.05) is 6.61 Å². The molecule has 1 rings (SSSR count). The number of rotatable bonds is 16. The fourth-order valence-electron chi connectivity index (χ4n) is 2.33. The zero-order valence-corrected chi connectivity index (χ0v) is 19.0. The number of phosphoric acid groups is 1. The molecule has 1 unspecified atom stereocenters. The molecule has 1 aromatic rings. The average molecular weight is 396 g/mol. The van der Waals surface area contributed by atoms with E-state index in [2.05, 4.69) is 26.0 Å². The summed E-state index contributed by atoms with van der Waals surface area (Å²) in [5.41, 5.74) is 0. The molecule has 0 aliphatic rings. The Labute approximate surface area is 179 Å². The molecular weight excluding hydrogens is 366 g/mol. The molecule has 0 spiro atoms. The summed E-state index contributed by atoms with van der Waals surface area (Å²) < 4.78 is 20.0. The molecule has 0 aromatic heterocycles. The van der Waals surface area contributed by atoms with Gasteiger partial charge in [-0.05, 0) is 18.6 Å². The van der Waals surface area contributed by atoms with Crippen LogP contribution in [0.3, 0.4) is 0 Å². The molecule has 26 heavy (non-hydrogen) atoms. The van der Waals surface area contributed by atoms with E-state index >= 15 is 0 Å². The van der Waals surface area contributed by atoms with Crippen LogP contribution in [0.1, 0.15) is 71.1 Å². The predicted octanol–water partition coefficient (Wildman–Crippen LogP) is 2.34. The molecule has 0 heterocycles. The minimum Gasteiger partial charge on any atom is -0.752 e. The summed E-state index contributed by atoms with van der Waals surface area (Å²) in [6.45, 7) is 2.43. The van der Waals surface area contributed by atoms with E-state index in [0.717, 1.165) is 19.3 Å². The van der Waals surface area contributed by atoms with Crippen LogP contribution >= 0.6 is 7.82 Å². The number of benzene rings is 1. The van der Waals surface area contributed by atoms with Gasteiger partial charge in [-0.15, -0.1) is 4.67 Å². The maximum absolute atomic E-state index is 11.4. The molecule has 1 atom stereocenters. The third kappa shape index (κ3) is 15.2. The molecule has 0 amide bonds. The van der Waals surface area contributed by atoms with Gasteiger partial charge in [0.2, 0.25) is 0 Å². The number of hydrogen-bond donors (Lipinski definition) is 0. The van der Waals surface area contributed by atoms with E-state index in [-0.39, 0.29) is 41.9 Å². The molecule has 0 radical (unpaired) electrons. The summed E-state index contributed by atoms with van der Waals surface area (Å²) in [5.74, 6) is 0.261. The molecule has 0 saturated heterocycles. The van der Waals surface area contributed by atoms with E-state index in [0.29, 0.717) is 0 Å². The van der Waals surface area contributed by atoms with Crippen molar-refractivity contribution in [3.05, 3.63) is 30.3 Å². The van der Waals surface area contributed by atoms with Crippen LogP contribution in [0.15, 0.2) is 30.3 Å². The van der Waals surface area contributed by atoms with Gasteiger partial charge in [0, 0.05) is 0 Å². The first-order valence-corrected chi connectivity index (χ1v) is 10.6. The topological polar surface area (TPSA) is 77.1 Å². The van der Waals surface area contributed by atoms with E-state index in [4.69, 9.17) is 0 Å². The fourth-order valence-corrected chi connectivity index (χ4v) is 2.73. The fraction of sp³-hybridized carbons (Fsp3) is 0.667. The minimum absolute atomic E-state index is 0. The minimum atomic E-state index is -4.63. The summed E-state index contributed by atoms with van der Waals surface area (Å²) in [4.78, 5) is 20.7. The van der Waals surface area contributed by atoms with E-state index in [1.165, 1.54) is 44.9 Å². The van der Waals surface area contributed by atoms with Gasteiger partial charge in [-0.1, -0.05) is 82.9 Å². The van der Waals surface area contributed by atoms with Crippen LogP contribution in [0.4, 0.5) is 0 Å². The first-order valence-electron chi connectivity index (χ1n) is 9.17. The Hall–Kier alpha value is 0.0900. The zero-order valence-electron chi connectivity index (χ0n) is 16.1. The van der Waals surface area contributed by atoms with Crippen molar-refractivity contribution >= 4 is 7.82 Å². The van der Waals surface area contributed by atoms with Crippen LogP contribution in [0.25, 0.3) is 0 Å². The van der Waals surface area contributed by atoms with Crippen LogP contribution in [-0.4, -0.2) is 6.61 Å². The molecule has 0 aliphatic carbocycles. The van der Waals surface area contributed by atoms with E-state index < -0.39 is 7.82 Å². The zero-order chi connectivity index (χ0) is 18.2.